The summed E-state index contributed by atoms with van der Waals surface area (Å²) in [5.74, 6) is -12.3. The number of carbonyl (C=O) groups is 1. The summed E-state index contributed by atoms with van der Waals surface area (Å²) in [5, 5.41) is 3.95. The monoisotopic (exact) mass is 476 g/mol. The molecule has 0 bridgehead atoms. The molecule has 0 radical (unpaired) electrons. The number of rotatable bonds is 6. The fourth-order valence-corrected chi connectivity index (χ4v) is 3.60. The summed E-state index contributed by atoms with van der Waals surface area (Å²) in [6.07, 6.45) is -1.96. The third-order valence-corrected chi connectivity index (χ3v) is 5.13. The summed E-state index contributed by atoms with van der Waals surface area (Å²) in [7, 11) is 0. The number of carbonyl (C=O) groups excluding carboxylic acids is 1. The molecule has 32 heavy (non-hydrogen) atoms. The summed E-state index contributed by atoms with van der Waals surface area (Å²) >= 11 is 6.23. The molecule has 0 aliphatic carbocycles. The normalized spacial score (nSPS) is 16.8. The van der Waals surface area contributed by atoms with E-state index >= 15 is 0 Å². The minimum absolute atomic E-state index is 0.0114. The van der Waals surface area contributed by atoms with Crippen LogP contribution in [-0.2, 0) is 14.4 Å². The molecule has 0 amide bonds. The minimum Gasteiger partial charge on any atom is -0.464 e. The van der Waals surface area contributed by atoms with E-state index in [2.05, 4.69) is 5.16 Å². The number of halogens is 6. The molecule has 0 saturated heterocycles. The summed E-state index contributed by atoms with van der Waals surface area (Å²) in [6.45, 7) is 4.77. The van der Waals surface area contributed by atoms with Crippen molar-refractivity contribution in [3.8, 4) is 0 Å². The predicted molar refractivity (Wildman–Crippen MR) is 105 cm³/mol. The molecule has 11 heteroatoms. The lowest BCUT2D eigenvalue weighted by Gasteiger charge is -2.34. The Balaban J connectivity index is 2.24. The molecule has 1 heterocycles. The summed E-state index contributed by atoms with van der Waals surface area (Å²) in [5.41, 5.74) is -1.07. The molecule has 2 atom stereocenters. The maximum Gasteiger partial charge on any atom is 0.329 e. The number of hydrogen-bond acceptors (Lipinski definition) is 5. The van der Waals surface area contributed by atoms with Gasteiger partial charge < -0.3 is 9.57 Å². The molecular formula is C21H18ClF5N2O3. The Labute approximate surface area is 185 Å². The molecule has 1 aliphatic heterocycles. The van der Waals surface area contributed by atoms with Crippen LogP contribution in [0.5, 0.6) is 0 Å². The highest BCUT2D eigenvalue weighted by Crippen LogP contribution is 2.39. The molecule has 2 aromatic rings. The van der Waals surface area contributed by atoms with Gasteiger partial charge in [-0.3, -0.25) is 4.90 Å². The smallest absolute Gasteiger partial charge is 0.329 e. The van der Waals surface area contributed by atoms with Crippen LogP contribution in [-0.4, -0.2) is 29.4 Å². The van der Waals surface area contributed by atoms with E-state index in [9.17, 15) is 26.7 Å². The van der Waals surface area contributed by atoms with E-state index in [-0.39, 0.29) is 23.0 Å². The van der Waals surface area contributed by atoms with Gasteiger partial charge in [-0.15, -0.1) is 0 Å². The van der Waals surface area contributed by atoms with E-state index in [0.29, 0.717) is 0 Å². The molecule has 0 aromatic heterocycles. The van der Waals surface area contributed by atoms with Gasteiger partial charge in [-0.2, -0.15) is 0 Å². The number of oxime groups is 1. The lowest BCUT2D eigenvalue weighted by atomic mass is 9.99. The van der Waals surface area contributed by atoms with E-state index in [4.69, 9.17) is 21.2 Å². The van der Waals surface area contributed by atoms with Gasteiger partial charge in [0.15, 0.2) is 29.1 Å². The van der Waals surface area contributed by atoms with Crippen LogP contribution in [0.4, 0.5) is 22.0 Å². The zero-order valence-electron chi connectivity index (χ0n) is 17.1. The first-order chi connectivity index (χ1) is 15.1. The van der Waals surface area contributed by atoms with Crippen molar-refractivity contribution in [1.29, 1.82) is 0 Å². The van der Waals surface area contributed by atoms with Crippen molar-refractivity contribution in [2.45, 2.75) is 33.0 Å². The highest BCUT2D eigenvalue weighted by atomic mass is 35.5. The van der Waals surface area contributed by atoms with Crippen LogP contribution in [0.25, 0.3) is 0 Å². The van der Waals surface area contributed by atoms with E-state index in [0.717, 1.165) is 4.90 Å². The van der Waals surface area contributed by atoms with Crippen LogP contribution in [0.15, 0.2) is 29.4 Å². The quantitative estimate of drug-likeness (QED) is 0.245. The molecule has 0 fully saturated rings. The maximum absolute atomic E-state index is 14.6. The van der Waals surface area contributed by atoms with Crippen molar-refractivity contribution in [3.63, 3.8) is 0 Å². The van der Waals surface area contributed by atoms with E-state index in [1.54, 1.807) is 32.9 Å². The van der Waals surface area contributed by atoms with Gasteiger partial charge in [0.25, 0.3) is 0 Å². The average Bonchev–Trinajstić information content (AvgIpc) is 3.15. The van der Waals surface area contributed by atoms with Crippen LogP contribution in [0.2, 0.25) is 5.02 Å². The minimum atomic E-state index is -2.31. The molecule has 5 nitrogen and oxygen atoms in total. The Morgan fingerprint density at radius 3 is 2.19 bits per heavy atom. The van der Waals surface area contributed by atoms with Crippen LogP contribution < -0.4 is 0 Å². The number of nitrogens with zero attached hydrogens (tertiary/aromatic N) is 2. The van der Waals surface area contributed by atoms with E-state index in [1.807, 2.05) is 0 Å². The Hall–Kier alpha value is -2.88. The molecular weight excluding hydrogens is 459 g/mol. The van der Waals surface area contributed by atoms with Crippen molar-refractivity contribution >= 4 is 23.4 Å². The molecule has 0 spiro atoms. The van der Waals surface area contributed by atoms with Gasteiger partial charge >= 0.3 is 5.97 Å². The van der Waals surface area contributed by atoms with Crippen LogP contribution in [0.1, 0.15) is 38.1 Å². The standard InChI is InChI=1S/C21H18ClF5N2O3/c1-4-31-21(30)18(9(2)3)29-19(10-7-5-6-8-11(10)22)28-32-20(29)12-13(23)15(25)17(27)16(26)14(12)24/h5-9,18,20H,4H2,1-3H3/t18-,20+/m0/s1. The lowest BCUT2D eigenvalue weighted by molar-refractivity contribution is -0.153. The second-order valence-corrected chi connectivity index (χ2v) is 7.59. The van der Waals surface area contributed by atoms with Gasteiger partial charge in [0.1, 0.15) is 6.04 Å². The topological polar surface area (TPSA) is 51.1 Å². The number of amidine groups is 1. The third-order valence-electron chi connectivity index (χ3n) is 4.80. The highest BCUT2D eigenvalue weighted by Gasteiger charge is 2.47. The second kappa shape index (κ2) is 9.32. The summed E-state index contributed by atoms with van der Waals surface area (Å²) in [6, 6.07) is 4.94. The SMILES string of the molecule is CCOC(=O)[C@H](C(C)C)N1C(c2ccccc2Cl)=NO[C@@H]1c1c(F)c(F)c(F)c(F)c1F. The predicted octanol–water partition coefficient (Wildman–Crippen LogP) is 5.32. The van der Waals surface area contributed by atoms with Gasteiger partial charge in [-0.25, -0.2) is 26.7 Å². The van der Waals surface area contributed by atoms with Crippen molar-refractivity contribution in [3.05, 3.63) is 69.5 Å². The molecule has 2 aromatic carbocycles. The van der Waals surface area contributed by atoms with Gasteiger partial charge in [-0.1, -0.05) is 42.7 Å². The number of ether oxygens (including phenoxy) is 1. The molecule has 0 N–H and O–H groups in total. The Kier molecular flexibility index (Phi) is 6.92. The third kappa shape index (κ3) is 3.99. The van der Waals surface area contributed by atoms with Crippen LogP contribution in [0.3, 0.4) is 0 Å². The van der Waals surface area contributed by atoms with Crippen molar-refractivity contribution in [1.82, 2.24) is 4.90 Å². The van der Waals surface area contributed by atoms with Gasteiger partial charge in [-0.05, 0) is 25.0 Å². The van der Waals surface area contributed by atoms with Crippen molar-refractivity contribution < 1.29 is 36.3 Å². The average molecular weight is 477 g/mol. The Bertz CT molecular complexity index is 1050. The zero-order chi connectivity index (χ0) is 23.7. The van der Waals surface area contributed by atoms with Crippen LogP contribution >= 0.6 is 11.6 Å². The first-order valence-corrected chi connectivity index (χ1v) is 9.94. The van der Waals surface area contributed by atoms with E-state index in [1.165, 1.54) is 12.1 Å². The Morgan fingerprint density at radius 1 is 1.09 bits per heavy atom. The molecule has 3 rings (SSSR count). The first-order valence-electron chi connectivity index (χ1n) is 9.56. The van der Waals surface area contributed by atoms with Crippen LogP contribution in [0, 0.1) is 35.0 Å². The van der Waals surface area contributed by atoms with Crippen molar-refractivity contribution in [2.24, 2.45) is 11.1 Å². The van der Waals surface area contributed by atoms with Crippen molar-refractivity contribution in [2.75, 3.05) is 6.61 Å². The maximum atomic E-state index is 14.6. The molecule has 172 valence electrons. The number of benzene rings is 2. The highest BCUT2D eigenvalue weighted by molar-refractivity contribution is 6.34. The van der Waals surface area contributed by atoms with Gasteiger partial charge in [0.2, 0.25) is 12.0 Å². The lowest BCUT2D eigenvalue weighted by Crippen LogP contribution is -2.49. The largest absolute Gasteiger partial charge is 0.464 e. The number of hydrogen-bond donors (Lipinski definition) is 0. The fraction of sp³-hybridized carbons (Fsp3) is 0.333. The fourth-order valence-electron chi connectivity index (χ4n) is 3.38. The molecule has 0 saturated carbocycles. The molecule has 0 unspecified atom stereocenters. The Morgan fingerprint density at radius 2 is 1.66 bits per heavy atom. The van der Waals surface area contributed by atoms with Gasteiger partial charge in [0.05, 0.1) is 17.2 Å². The van der Waals surface area contributed by atoms with Gasteiger partial charge in [0, 0.05) is 5.56 Å². The first kappa shape index (κ1) is 23.8. The van der Waals surface area contributed by atoms with E-state index < -0.39 is 58.8 Å². The summed E-state index contributed by atoms with van der Waals surface area (Å²) < 4.78 is 75.8. The summed E-state index contributed by atoms with van der Waals surface area (Å²) in [4.78, 5) is 18.9. The second-order valence-electron chi connectivity index (χ2n) is 7.18. The molecule has 1 aliphatic rings. The zero-order valence-corrected chi connectivity index (χ0v) is 17.9. The number of esters is 1.